The van der Waals surface area contributed by atoms with Crippen molar-refractivity contribution in [1.82, 2.24) is 0 Å². The maximum Gasteiger partial charge on any atom is 1.00 e. The Morgan fingerprint density at radius 2 is 1.43 bits per heavy atom. The van der Waals surface area contributed by atoms with Crippen LogP contribution >= 0.6 is 23.8 Å². The van der Waals surface area contributed by atoms with E-state index in [9.17, 15) is 14.3 Å². The van der Waals surface area contributed by atoms with Gasteiger partial charge in [0.25, 0.3) is 0 Å². The van der Waals surface area contributed by atoms with Crippen molar-refractivity contribution >= 4 is 29.5 Å². The molecule has 0 amide bonds. The molecule has 5 nitrogen and oxygen atoms in total. The Morgan fingerprint density at radius 3 is 2.00 bits per heavy atom. The minimum absolute atomic E-state index is 0. The molecule has 3 rings (SSSR count). The summed E-state index contributed by atoms with van der Waals surface area (Å²) in [5.41, 5.74) is 3.74. The number of carbonyl (C=O) groups excluding carboxylic acids is 1. The molecule has 30 heavy (non-hydrogen) atoms. The van der Waals surface area contributed by atoms with Crippen LogP contribution < -0.4 is 43.5 Å². The van der Waals surface area contributed by atoms with E-state index in [0.717, 1.165) is 16.7 Å². The largest absolute Gasteiger partial charge is 1.00 e. The summed E-state index contributed by atoms with van der Waals surface area (Å²) in [6, 6.07) is 16.3. The van der Waals surface area contributed by atoms with Crippen molar-refractivity contribution in [3.05, 3.63) is 93.0 Å². The Morgan fingerprint density at radius 1 is 0.900 bits per heavy atom. The van der Waals surface area contributed by atoms with Crippen LogP contribution in [0.2, 0.25) is 0 Å². The summed E-state index contributed by atoms with van der Waals surface area (Å²) in [5, 5.41) is 0. The molecular formula is C22H19BrNaO5P. The van der Waals surface area contributed by atoms with Crippen LogP contribution in [-0.2, 0) is 4.57 Å². The first kappa shape index (κ1) is 24.9. The molecule has 0 aromatic heterocycles. The minimum Gasteiger partial charge on any atom is -0.736 e. The maximum absolute atomic E-state index is 13.0. The van der Waals surface area contributed by atoms with Gasteiger partial charge in [-0.1, -0.05) is 51.8 Å². The van der Waals surface area contributed by atoms with Gasteiger partial charge in [0, 0.05) is 15.6 Å². The van der Waals surface area contributed by atoms with Gasteiger partial charge in [0.05, 0.1) is 0 Å². The molecule has 0 bridgehead atoms. The van der Waals surface area contributed by atoms with Crippen LogP contribution in [0.4, 0.5) is 0 Å². The molecular weight excluding hydrogens is 478 g/mol. The standard InChI is InChI=1S/C22H20BrO5P.Na/c1-14-10-15(2)21(16(3)11-14)22(24)17-6-4-8-19(12-17)27-29(25,26)28-20-9-5-7-18(23)13-20;/h4-13H,1-3H3,(H,25,26);/q;+1/p-1. The molecule has 0 spiro atoms. The molecule has 150 valence electrons. The Hall–Kier alpha value is -1.40. The number of phosphoric acid groups is 1. The predicted octanol–water partition coefficient (Wildman–Crippen LogP) is 2.54. The zero-order valence-corrected chi connectivity index (χ0v) is 21.6. The predicted molar refractivity (Wildman–Crippen MR) is 114 cm³/mol. The van der Waals surface area contributed by atoms with Crippen molar-refractivity contribution in [2.75, 3.05) is 0 Å². The number of phosphoric ester groups is 1. The number of rotatable bonds is 6. The second-order valence-corrected chi connectivity index (χ2v) is 8.89. The van der Waals surface area contributed by atoms with Gasteiger partial charge >= 0.3 is 37.4 Å². The number of hydrogen-bond acceptors (Lipinski definition) is 5. The third-order valence-electron chi connectivity index (χ3n) is 4.23. The van der Waals surface area contributed by atoms with Crippen molar-refractivity contribution in [3.8, 4) is 11.5 Å². The van der Waals surface area contributed by atoms with Gasteiger partial charge in [-0.3, -0.25) is 4.79 Å². The van der Waals surface area contributed by atoms with E-state index in [1.807, 2.05) is 32.9 Å². The van der Waals surface area contributed by atoms with Crippen LogP contribution in [-0.4, -0.2) is 5.78 Å². The van der Waals surface area contributed by atoms with Gasteiger partial charge in [-0.2, -0.15) is 0 Å². The van der Waals surface area contributed by atoms with Crippen LogP contribution in [0.15, 0.2) is 65.1 Å². The Kier molecular flexibility index (Phi) is 8.51. The zero-order valence-electron chi connectivity index (χ0n) is 17.1. The smallest absolute Gasteiger partial charge is 0.736 e. The third-order valence-corrected chi connectivity index (χ3v) is 5.59. The number of hydrogen-bond donors (Lipinski definition) is 0. The maximum atomic E-state index is 13.0. The number of aryl methyl sites for hydroxylation is 3. The molecule has 0 N–H and O–H groups in total. The SMILES string of the molecule is Cc1cc(C)c(C(=O)c2cccc(OP(=O)([O-])Oc3cccc(Br)c3)c2)c(C)c1.[Na+]. The summed E-state index contributed by atoms with van der Waals surface area (Å²) < 4.78 is 23.0. The minimum atomic E-state index is -4.69. The fraction of sp³-hybridized carbons (Fsp3) is 0.136. The number of ketones is 1. The van der Waals surface area contributed by atoms with E-state index in [2.05, 4.69) is 15.9 Å². The molecule has 0 heterocycles. The van der Waals surface area contributed by atoms with Crippen LogP contribution in [0.5, 0.6) is 11.5 Å². The molecule has 1 atom stereocenters. The normalized spacial score (nSPS) is 12.4. The molecule has 0 fully saturated rings. The first-order valence-electron chi connectivity index (χ1n) is 8.83. The monoisotopic (exact) mass is 496 g/mol. The van der Waals surface area contributed by atoms with Gasteiger partial charge in [-0.15, -0.1) is 0 Å². The van der Waals surface area contributed by atoms with Gasteiger partial charge in [0.2, 0.25) is 0 Å². The summed E-state index contributed by atoms with van der Waals surface area (Å²) in [4.78, 5) is 25.3. The van der Waals surface area contributed by atoms with Gasteiger partial charge in [-0.05, 0) is 62.2 Å². The first-order valence-corrected chi connectivity index (χ1v) is 11.1. The van der Waals surface area contributed by atoms with Crippen molar-refractivity contribution in [3.63, 3.8) is 0 Å². The molecule has 0 saturated heterocycles. The summed E-state index contributed by atoms with van der Waals surface area (Å²) >= 11 is 3.25. The van der Waals surface area contributed by atoms with Crippen LogP contribution in [0.1, 0.15) is 32.6 Å². The third kappa shape index (κ3) is 6.30. The zero-order chi connectivity index (χ0) is 21.2. The van der Waals surface area contributed by atoms with E-state index in [1.165, 1.54) is 24.3 Å². The topological polar surface area (TPSA) is 75.7 Å². The second kappa shape index (κ2) is 10.3. The molecule has 0 aliphatic carbocycles. The molecule has 3 aromatic rings. The summed E-state index contributed by atoms with van der Waals surface area (Å²) in [6.07, 6.45) is 0. The Labute approximate surface area is 206 Å². The van der Waals surface area contributed by atoms with Crippen molar-refractivity contribution in [1.29, 1.82) is 0 Å². The average molecular weight is 497 g/mol. The summed E-state index contributed by atoms with van der Waals surface area (Å²) in [7, 11) is -4.69. The van der Waals surface area contributed by atoms with E-state index >= 15 is 0 Å². The molecule has 0 saturated carbocycles. The van der Waals surface area contributed by atoms with Crippen molar-refractivity contribution < 1.29 is 52.9 Å². The van der Waals surface area contributed by atoms with Crippen LogP contribution in [0.3, 0.4) is 0 Å². The Bertz CT molecular complexity index is 1110. The van der Waals surface area contributed by atoms with Crippen LogP contribution in [0, 0.1) is 20.8 Å². The molecule has 3 aromatic carbocycles. The number of halogens is 1. The molecule has 8 heteroatoms. The number of carbonyl (C=O) groups is 1. The van der Waals surface area contributed by atoms with Crippen LogP contribution in [0.25, 0.3) is 0 Å². The average Bonchev–Trinajstić information content (AvgIpc) is 2.60. The van der Waals surface area contributed by atoms with E-state index in [4.69, 9.17) is 9.05 Å². The quantitative estimate of drug-likeness (QED) is 0.298. The van der Waals surface area contributed by atoms with E-state index in [0.29, 0.717) is 15.6 Å². The van der Waals surface area contributed by atoms with Gasteiger partial charge < -0.3 is 13.9 Å². The summed E-state index contributed by atoms with van der Waals surface area (Å²) in [5.74, 6) is -0.0680. The van der Waals surface area contributed by atoms with Crippen molar-refractivity contribution in [2.45, 2.75) is 20.8 Å². The van der Waals surface area contributed by atoms with E-state index in [-0.39, 0.29) is 46.8 Å². The fourth-order valence-electron chi connectivity index (χ4n) is 3.18. The van der Waals surface area contributed by atoms with Gasteiger partial charge in [0.1, 0.15) is 11.5 Å². The molecule has 0 aliphatic heterocycles. The second-order valence-electron chi connectivity index (χ2n) is 6.72. The first-order chi connectivity index (χ1) is 13.6. The van der Waals surface area contributed by atoms with Crippen molar-refractivity contribution in [2.24, 2.45) is 0 Å². The number of benzene rings is 3. The fourth-order valence-corrected chi connectivity index (χ4v) is 4.34. The molecule has 0 aliphatic rings. The summed E-state index contributed by atoms with van der Waals surface area (Å²) in [6.45, 7) is 5.73. The Balaban J connectivity index is 0.00000320. The van der Waals surface area contributed by atoms with E-state index in [1.54, 1.807) is 24.3 Å². The van der Waals surface area contributed by atoms with Gasteiger partial charge in [-0.25, -0.2) is 4.57 Å². The van der Waals surface area contributed by atoms with Gasteiger partial charge in [0.15, 0.2) is 5.78 Å². The molecule has 1 unspecified atom stereocenters. The van der Waals surface area contributed by atoms with E-state index < -0.39 is 7.82 Å². The molecule has 0 radical (unpaired) electrons.